The minimum atomic E-state index is -1.34. The van der Waals surface area contributed by atoms with Crippen LogP contribution in [0.5, 0.6) is 11.5 Å². The second-order valence-electron chi connectivity index (χ2n) is 5.65. The van der Waals surface area contributed by atoms with E-state index in [2.05, 4.69) is 0 Å². The number of halogens is 5. The molecular formula is C18H13Cl5O6. The highest BCUT2D eigenvalue weighted by molar-refractivity contribution is 6.46. The van der Waals surface area contributed by atoms with E-state index in [9.17, 15) is 14.7 Å². The topological polar surface area (TPSA) is 93.1 Å². The van der Waals surface area contributed by atoms with E-state index in [4.69, 9.17) is 72.6 Å². The summed E-state index contributed by atoms with van der Waals surface area (Å²) < 4.78 is 10.9. The summed E-state index contributed by atoms with van der Waals surface area (Å²) >= 11 is 29.9. The fourth-order valence-electron chi connectivity index (χ4n) is 2.28. The summed E-state index contributed by atoms with van der Waals surface area (Å²) in [4.78, 5) is 22.7. The van der Waals surface area contributed by atoms with Gasteiger partial charge in [0.15, 0.2) is 17.6 Å². The maximum absolute atomic E-state index is 11.5. The third-order valence-electron chi connectivity index (χ3n) is 3.66. The lowest BCUT2D eigenvalue weighted by Gasteiger charge is -2.18. The Kier molecular flexibility index (Phi) is 8.55. The number of ether oxygens (including phenoxy) is 2. The maximum atomic E-state index is 11.5. The van der Waals surface area contributed by atoms with Crippen molar-refractivity contribution < 1.29 is 29.3 Å². The molecule has 6 nitrogen and oxygen atoms in total. The number of rotatable bonds is 9. The average Bonchev–Trinajstić information content (AvgIpc) is 2.64. The summed E-state index contributed by atoms with van der Waals surface area (Å²) in [6, 6.07) is 5.93. The minimum Gasteiger partial charge on any atom is -0.490 e. The monoisotopic (exact) mass is 500 g/mol. The molecule has 156 valence electrons. The average molecular weight is 503 g/mol. The van der Waals surface area contributed by atoms with Gasteiger partial charge in [-0.05, 0) is 31.0 Å². The molecule has 0 saturated carbocycles. The number of aromatic carboxylic acids is 1. The molecule has 2 aromatic rings. The highest BCUT2D eigenvalue weighted by Crippen LogP contribution is 2.41. The molecule has 0 heterocycles. The maximum Gasteiger partial charge on any atom is 0.344 e. The van der Waals surface area contributed by atoms with E-state index in [1.54, 1.807) is 18.2 Å². The molecule has 0 fully saturated rings. The quantitative estimate of drug-likeness (QED) is 0.307. The van der Waals surface area contributed by atoms with Crippen LogP contribution < -0.4 is 9.47 Å². The van der Waals surface area contributed by atoms with Crippen LogP contribution in [-0.2, 0) is 4.79 Å². The largest absolute Gasteiger partial charge is 0.490 e. The van der Waals surface area contributed by atoms with Crippen LogP contribution >= 0.6 is 58.0 Å². The van der Waals surface area contributed by atoms with E-state index in [-0.39, 0.29) is 45.8 Å². The van der Waals surface area contributed by atoms with Crippen molar-refractivity contribution in [1.82, 2.24) is 0 Å². The van der Waals surface area contributed by atoms with Crippen LogP contribution in [0.25, 0.3) is 0 Å². The SMILES string of the molecule is O=C(O)c1cc(Cl)c(OC(CCCOc2c(Cl)cccc2Cl)C(=O)O)c(Cl)c1Cl. The van der Waals surface area contributed by atoms with Crippen molar-refractivity contribution in [3.8, 4) is 11.5 Å². The number of para-hydroxylation sites is 1. The Morgan fingerprint density at radius 1 is 0.931 bits per heavy atom. The van der Waals surface area contributed by atoms with E-state index in [0.717, 1.165) is 6.07 Å². The molecule has 2 N–H and O–H groups in total. The molecule has 0 amide bonds. The number of carboxylic acids is 2. The minimum absolute atomic E-state index is 0.0301. The van der Waals surface area contributed by atoms with Crippen molar-refractivity contribution in [3.63, 3.8) is 0 Å². The lowest BCUT2D eigenvalue weighted by atomic mass is 10.2. The van der Waals surface area contributed by atoms with Gasteiger partial charge in [-0.1, -0.05) is 64.1 Å². The molecule has 2 aromatic carbocycles. The third kappa shape index (κ3) is 5.96. The Labute approximate surface area is 190 Å². The highest BCUT2D eigenvalue weighted by Gasteiger charge is 2.25. The van der Waals surface area contributed by atoms with E-state index in [1.807, 2.05) is 0 Å². The van der Waals surface area contributed by atoms with Gasteiger partial charge in [-0.25, -0.2) is 9.59 Å². The standard InChI is InChI=1S/C18H13Cl5O6/c19-9-3-1-4-10(20)15(9)28-6-2-5-12(18(26)27)29-16-11(21)7-8(17(24)25)13(22)14(16)23/h1,3-4,7,12H,2,5-6H2,(H,24,25)(H,26,27). The summed E-state index contributed by atoms with van der Waals surface area (Å²) in [5.41, 5.74) is -0.328. The number of carboxylic acid groups (broad SMARTS) is 2. The highest BCUT2D eigenvalue weighted by atomic mass is 35.5. The van der Waals surface area contributed by atoms with E-state index >= 15 is 0 Å². The fourth-order valence-corrected chi connectivity index (χ4v) is 3.55. The Hall–Kier alpha value is -1.57. The van der Waals surface area contributed by atoms with Gasteiger partial charge in [-0.2, -0.15) is 0 Å². The first kappa shape index (κ1) is 23.7. The summed E-state index contributed by atoms with van der Waals surface area (Å²) in [7, 11) is 0. The summed E-state index contributed by atoms with van der Waals surface area (Å²) in [5, 5.41) is 18.4. The molecular weight excluding hydrogens is 489 g/mol. The van der Waals surface area contributed by atoms with Crippen molar-refractivity contribution >= 4 is 69.9 Å². The van der Waals surface area contributed by atoms with Crippen LogP contribution in [0.4, 0.5) is 0 Å². The second kappa shape index (κ2) is 10.5. The summed E-state index contributed by atoms with van der Waals surface area (Å²) in [6.07, 6.45) is -1.03. The van der Waals surface area contributed by atoms with Crippen LogP contribution in [0, 0.1) is 0 Å². The van der Waals surface area contributed by atoms with Gasteiger partial charge in [0, 0.05) is 0 Å². The van der Waals surface area contributed by atoms with Crippen LogP contribution in [0.3, 0.4) is 0 Å². The Bertz CT molecular complexity index is 913. The summed E-state index contributed by atoms with van der Waals surface area (Å²) in [5.74, 6) is -2.53. The zero-order chi connectivity index (χ0) is 21.7. The zero-order valence-corrected chi connectivity index (χ0v) is 18.2. The number of carbonyl (C=O) groups is 2. The van der Waals surface area contributed by atoms with Gasteiger partial charge in [-0.15, -0.1) is 0 Å². The predicted molar refractivity (Wildman–Crippen MR) is 112 cm³/mol. The smallest absolute Gasteiger partial charge is 0.344 e. The van der Waals surface area contributed by atoms with Crippen molar-refractivity contribution in [2.24, 2.45) is 0 Å². The number of aliphatic carboxylic acids is 1. The predicted octanol–water partition coefficient (Wildman–Crippen LogP) is 6.34. The molecule has 0 aliphatic carbocycles. The lowest BCUT2D eigenvalue weighted by Crippen LogP contribution is -2.28. The van der Waals surface area contributed by atoms with Gasteiger partial charge in [0.1, 0.15) is 5.02 Å². The molecule has 0 aliphatic heterocycles. The van der Waals surface area contributed by atoms with E-state index < -0.39 is 18.0 Å². The molecule has 0 aliphatic rings. The first-order valence-corrected chi connectivity index (χ1v) is 9.89. The van der Waals surface area contributed by atoms with Gasteiger partial charge in [0.2, 0.25) is 0 Å². The Morgan fingerprint density at radius 3 is 2.10 bits per heavy atom. The molecule has 0 bridgehead atoms. The van der Waals surface area contributed by atoms with Crippen molar-refractivity contribution in [2.45, 2.75) is 18.9 Å². The van der Waals surface area contributed by atoms with Gasteiger partial charge in [-0.3, -0.25) is 0 Å². The molecule has 1 unspecified atom stereocenters. The number of hydrogen-bond acceptors (Lipinski definition) is 4. The summed E-state index contributed by atoms with van der Waals surface area (Å²) in [6.45, 7) is 0.122. The molecule has 0 radical (unpaired) electrons. The molecule has 0 spiro atoms. The van der Waals surface area contributed by atoms with E-state index in [0.29, 0.717) is 15.8 Å². The van der Waals surface area contributed by atoms with Crippen LogP contribution in [-0.4, -0.2) is 34.9 Å². The number of hydrogen-bond donors (Lipinski definition) is 2. The van der Waals surface area contributed by atoms with Crippen LogP contribution in [0.15, 0.2) is 24.3 Å². The Morgan fingerprint density at radius 2 is 1.55 bits per heavy atom. The fraction of sp³-hybridized carbons (Fsp3) is 0.222. The normalized spacial score (nSPS) is 11.8. The first-order valence-electron chi connectivity index (χ1n) is 8.00. The van der Waals surface area contributed by atoms with Crippen LogP contribution in [0.2, 0.25) is 25.1 Å². The molecule has 29 heavy (non-hydrogen) atoms. The van der Waals surface area contributed by atoms with Gasteiger partial charge < -0.3 is 19.7 Å². The zero-order valence-electron chi connectivity index (χ0n) is 14.4. The third-order valence-corrected chi connectivity index (χ3v) is 5.38. The first-order chi connectivity index (χ1) is 13.6. The molecule has 2 rings (SSSR count). The van der Waals surface area contributed by atoms with Crippen molar-refractivity contribution in [2.75, 3.05) is 6.61 Å². The van der Waals surface area contributed by atoms with Crippen molar-refractivity contribution in [3.05, 3.63) is 54.9 Å². The van der Waals surface area contributed by atoms with Gasteiger partial charge in [0.25, 0.3) is 0 Å². The molecule has 11 heteroatoms. The lowest BCUT2D eigenvalue weighted by molar-refractivity contribution is -0.145. The van der Waals surface area contributed by atoms with Gasteiger partial charge >= 0.3 is 11.9 Å². The molecule has 1 atom stereocenters. The molecule has 0 saturated heterocycles. The van der Waals surface area contributed by atoms with E-state index in [1.165, 1.54) is 0 Å². The van der Waals surface area contributed by atoms with Gasteiger partial charge in [0.05, 0.1) is 32.3 Å². The Balaban J connectivity index is 2.07. The number of benzene rings is 2. The van der Waals surface area contributed by atoms with Crippen molar-refractivity contribution in [1.29, 1.82) is 0 Å². The molecule has 0 aromatic heterocycles. The second-order valence-corrected chi connectivity index (χ2v) is 7.63. The van der Waals surface area contributed by atoms with Crippen LogP contribution in [0.1, 0.15) is 23.2 Å².